The fourth-order valence-electron chi connectivity index (χ4n) is 4.29. The Morgan fingerprint density at radius 3 is 2.27 bits per heavy atom. The van der Waals surface area contributed by atoms with E-state index in [9.17, 15) is 15.3 Å². The van der Waals surface area contributed by atoms with Crippen molar-refractivity contribution in [1.82, 2.24) is 14.8 Å². The minimum atomic E-state index is -1.07. The molecule has 5 aromatic rings. The maximum absolute atomic E-state index is 14.0. The molecule has 0 spiro atoms. The molecule has 0 aliphatic carbocycles. The lowest BCUT2D eigenvalue weighted by molar-refractivity contribution is 0.703. The maximum atomic E-state index is 14.0. The van der Waals surface area contributed by atoms with Crippen LogP contribution in [0.15, 0.2) is 94.3 Å². The number of aryl methyl sites for hydroxylation is 1. The van der Waals surface area contributed by atoms with Crippen molar-refractivity contribution in [3.63, 3.8) is 0 Å². The highest BCUT2D eigenvalue weighted by molar-refractivity contribution is 9.10. The Morgan fingerprint density at radius 2 is 1.62 bits per heavy atom. The number of nitrogens with one attached hydrogen (secondary N) is 1. The zero-order chi connectivity index (χ0) is 25.9. The van der Waals surface area contributed by atoms with Gasteiger partial charge in [0, 0.05) is 16.6 Å². The highest BCUT2D eigenvalue weighted by Crippen LogP contribution is 2.37. The normalized spacial score (nSPS) is 11.7. The zero-order valence-corrected chi connectivity index (χ0v) is 22.1. The quantitative estimate of drug-likeness (QED) is 0.244. The van der Waals surface area contributed by atoms with E-state index in [1.165, 1.54) is 16.0 Å². The molecule has 6 nitrogen and oxygen atoms in total. The average molecular weight is 566 g/mol. The Kier molecular flexibility index (Phi) is 6.87. The predicted octanol–water partition coefficient (Wildman–Crippen LogP) is 6.82. The van der Waals surface area contributed by atoms with Gasteiger partial charge in [0.15, 0.2) is 0 Å². The van der Waals surface area contributed by atoms with Gasteiger partial charge in [-0.05, 0) is 35.7 Å². The van der Waals surface area contributed by atoms with Crippen molar-refractivity contribution in [3.05, 3.63) is 117 Å². The van der Waals surface area contributed by atoms with Crippen LogP contribution in [-0.2, 0) is 0 Å². The van der Waals surface area contributed by atoms with Crippen molar-refractivity contribution in [3.8, 4) is 39.0 Å². The molecule has 0 amide bonds. The van der Waals surface area contributed by atoms with E-state index in [4.69, 9.17) is 0 Å². The van der Waals surface area contributed by atoms with E-state index < -0.39 is 11.8 Å². The third-order valence-corrected chi connectivity index (χ3v) is 7.72. The van der Waals surface area contributed by atoms with Gasteiger partial charge >= 0.3 is 0 Å². The summed E-state index contributed by atoms with van der Waals surface area (Å²) >= 11 is 4.83. The minimum absolute atomic E-state index is 0.341. The first-order valence-corrected chi connectivity index (χ1v) is 13.1. The SMILES string of the molecule is Cc1ccc(-c2cnc(-n3[nH]c(-c4ccccc4)c(C(c4ccc(Br)cc4)C(C#N)C#N)c3=O)s2)cc1. The van der Waals surface area contributed by atoms with Gasteiger partial charge in [-0.1, -0.05) is 99.6 Å². The van der Waals surface area contributed by atoms with Crippen LogP contribution in [0.3, 0.4) is 0 Å². The van der Waals surface area contributed by atoms with E-state index in [0.29, 0.717) is 22.0 Å². The molecular weight excluding hydrogens is 546 g/mol. The molecule has 2 aromatic heterocycles. The molecule has 0 saturated carbocycles. The molecule has 5 rings (SSSR count). The summed E-state index contributed by atoms with van der Waals surface area (Å²) in [7, 11) is 0. The Labute approximate surface area is 226 Å². The maximum Gasteiger partial charge on any atom is 0.277 e. The van der Waals surface area contributed by atoms with Gasteiger partial charge < -0.3 is 0 Å². The van der Waals surface area contributed by atoms with Crippen LogP contribution >= 0.6 is 27.3 Å². The first-order chi connectivity index (χ1) is 18.0. The van der Waals surface area contributed by atoms with E-state index in [0.717, 1.165) is 26.0 Å². The van der Waals surface area contributed by atoms with E-state index >= 15 is 0 Å². The third-order valence-electron chi connectivity index (χ3n) is 6.16. The Hall–Kier alpha value is -4.24. The summed E-state index contributed by atoms with van der Waals surface area (Å²) in [5.74, 6) is -1.83. The molecule has 0 fully saturated rings. The van der Waals surface area contributed by atoms with Crippen molar-refractivity contribution in [2.75, 3.05) is 0 Å². The van der Waals surface area contributed by atoms with Crippen LogP contribution in [0.1, 0.15) is 22.6 Å². The molecule has 0 bridgehead atoms. The number of hydrogen-bond donors (Lipinski definition) is 1. The van der Waals surface area contributed by atoms with Crippen LogP contribution < -0.4 is 5.56 Å². The summed E-state index contributed by atoms with van der Waals surface area (Å²) in [5.41, 5.74) is 4.23. The van der Waals surface area contributed by atoms with Crippen molar-refractivity contribution < 1.29 is 0 Å². The summed E-state index contributed by atoms with van der Waals surface area (Å²) in [5, 5.41) is 23.5. The monoisotopic (exact) mass is 565 g/mol. The second kappa shape index (κ2) is 10.4. The number of halogens is 1. The van der Waals surface area contributed by atoms with Crippen LogP contribution in [0, 0.1) is 35.5 Å². The molecule has 1 unspecified atom stereocenters. The Bertz CT molecular complexity index is 1670. The smallest absolute Gasteiger partial charge is 0.277 e. The van der Waals surface area contributed by atoms with Crippen LogP contribution in [-0.4, -0.2) is 14.8 Å². The highest BCUT2D eigenvalue weighted by Gasteiger charge is 2.33. The molecule has 37 heavy (non-hydrogen) atoms. The van der Waals surface area contributed by atoms with Gasteiger partial charge in [0.05, 0.1) is 28.3 Å². The molecule has 2 heterocycles. The molecule has 0 aliphatic rings. The number of benzene rings is 3. The first-order valence-electron chi connectivity index (χ1n) is 11.5. The number of rotatable bonds is 6. The number of thiazole rings is 1. The highest BCUT2D eigenvalue weighted by atomic mass is 79.9. The molecule has 3 aromatic carbocycles. The number of aromatic nitrogens is 3. The number of hydrogen-bond acceptors (Lipinski definition) is 5. The van der Waals surface area contributed by atoms with Gasteiger partial charge in [-0.3, -0.25) is 9.89 Å². The Balaban J connectivity index is 1.72. The first kappa shape index (κ1) is 24.5. The summed E-state index contributed by atoms with van der Waals surface area (Å²) in [6.45, 7) is 2.03. The largest absolute Gasteiger partial charge is 0.288 e. The van der Waals surface area contributed by atoms with Gasteiger partial charge in [-0.25, -0.2) is 4.98 Å². The molecule has 0 aliphatic heterocycles. The summed E-state index contributed by atoms with van der Waals surface area (Å²) in [6, 6.07) is 29.1. The van der Waals surface area contributed by atoms with Crippen molar-refractivity contribution in [2.24, 2.45) is 5.92 Å². The number of nitrogens with zero attached hydrogens (tertiary/aromatic N) is 4. The van der Waals surface area contributed by atoms with Crippen LogP contribution in [0.4, 0.5) is 0 Å². The number of nitriles is 2. The average Bonchev–Trinajstić information content (AvgIpc) is 3.54. The van der Waals surface area contributed by atoms with E-state index in [1.807, 2.05) is 85.8 Å². The van der Waals surface area contributed by atoms with Gasteiger partial charge in [-0.2, -0.15) is 15.2 Å². The lowest BCUT2D eigenvalue weighted by atomic mass is 9.81. The molecule has 1 atom stereocenters. The molecule has 1 N–H and O–H groups in total. The zero-order valence-electron chi connectivity index (χ0n) is 19.7. The lowest BCUT2D eigenvalue weighted by Crippen LogP contribution is -2.23. The molecule has 0 saturated heterocycles. The van der Waals surface area contributed by atoms with Gasteiger partial charge in [0.1, 0.15) is 5.92 Å². The van der Waals surface area contributed by atoms with Gasteiger partial charge in [-0.15, -0.1) is 0 Å². The van der Waals surface area contributed by atoms with Crippen LogP contribution in [0.2, 0.25) is 0 Å². The van der Waals surface area contributed by atoms with Crippen molar-refractivity contribution >= 4 is 27.3 Å². The van der Waals surface area contributed by atoms with Crippen molar-refractivity contribution in [1.29, 1.82) is 10.5 Å². The van der Waals surface area contributed by atoms with E-state index in [-0.39, 0.29) is 5.56 Å². The molecular formula is C29H20BrN5OS. The predicted molar refractivity (Wildman–Crippen MR) is 148 cm³/mol. The standard InChI is InChI=1S/C29H20BrN5OS/c1-18-7-9-19(10-8-18)24-17-33-29(37-24)35-28(36)26(27(34-35)21-5-3-2-4-6-21)25(22(15-31)16-32)20-11-13-23(30)14-12-20/h2-14,17,22,25,34H,1H3. The molecule has 0 radical (unpaired) electrons. The second-order valence-electron chi connectivity index (χ2n) is 8.55. The summed E-state index contributed by atoms with van der Waals surface area (Å²) in [6.07, 6.45) is 1.75. The van der Waals surface area contributed by atoms with E-state index in [1.54, 1.807) is 6.20 Å². The number of aromatic amines is 1. The lowest BCUT2D eigenvalue weighted by Gasteiger charge is -2.18. The third kappa shape index (κ3) is 4.77. The number of H-pyrrole nitrogens is 1. The topological polar surface area (TPSA) is 98.3 Å². The van der Waals surface area contributed by atoms with Gasteiger partial charge in [0.2, 0.25) is 5.13 Å². The fourth-order valence-corrected chi connectivity index (χ4v) is 5.44. The second-order valence-corrected chi connectivity index (χ2v) is 10.5. The summed E-state index contributed by atoms with van der Waals surface area (Å²) < 4.78 is 2.28. The minimum Gasteiger partial charge on any atom is -0.288 e. The summed E-state index contributed by atoms with van der Waals surface area (Å²) in [4.78, 5) is 19.5. The molecule has 8 heteroatoms. The van der Waals surface area contributed by atoms with Gasteiger partial charge in [0.25, 0.3) is 5.56 Å². The molecule has 180 valence electrons. The van der Waals surface area contributed by atoms with Crippen molar-refractivity contribution in [2.45, 2.75) is 12.8 Å². The van der Waals surface area contributed by atoms with E-state index in [2.05, 4.69) is 38.2 Å². The fraction of sp³-hybridized carbons (Fsp3) is 0.103. The Morgan fingerprint density at radius 1 is 0.946 bits per heavy atom. The van der Waals surface area contributed by atoms with Crippen LogP contribution in [0.25, 0.3) is 26.8 Å². The van der Waals surface area contributed by atoms with Crippen LogP contribution in [0.5, 0.6) is 0 Å².